The first-order chi connectivity index (χ1) is 15.0. The van der Waals surface area contributed by atoms with E-state index in [1.165, 1.54) is 0 Å². The number of imide groups is 1. The number of aryl methyl sites for hydroxylation is 1. The maximum atomic E-state index is 12.7. The zero-order chi connectivity index (χ0) is 21.8. The van der Waals surface area contributed by atoms with Crippen molar-refractivity contribution < 1.29 is 19.2 Å². The molecule has 1 aliphatic carbocycles. The quantitative estimate of drug-likeness (QED) is 0.557. The fourth-order valence-electron chi connectivity index (χ4n) is 4.74. The van der Waals surface area contributed by atoms with Crippen LogP contribution in [-0.4, -0.2) is 59.1 Å². The number of amides is 4. The van der Waals surface area contributed by atoms with Gasteiger partial charge in [0.25, 0.3) is 0 Å². The number of allylic oxidation sites excluding steroid dienone is 2. The summed E-state index contributed by atoms with van der Waals surface area (Å²) >= 11 is 0. The SMILES string of the molecule is O=C(CCc1ccccc1)NC1CCN(C(=O)CN2C(=O)C3CC=CCC3C2=O)CC1. The Morgan fingerprint density at radius 3 is 2.16 bits per heavy atom. The monoisotopic (exact) mass is 423 g/mol. The van der Waals surface area contributed by atoms with Crippen LogP contribution in [0.3, 0.4) is 0 Å². The third kappa shape index (κ3) is 4.86. The van der Waals surface area contributed by atoms with Gasteiger partial charge in [0.1, 0.15) is 6.54 Å². The minimum Gasteiger partial charge on any atom is -0.353 e. The minimum atomic E-state index is -0.304. The molecule has 0 saturated carbocycles. The van der Waals surface area contributed by atoms with Gasteiger partial charge >= 0.3 is 0 Å². The zero-order valence-corrected chi connectivity index (χ0v) is 17.7. The number of nitrogens with one attached hydrogen (secondary N) is 1. The average molecular weight is 424 g/mol. The Bertz CT molecular complexity index is 848. The van der Waals surface area contributed by atoms with E-state index in [4.69, 9.17) is 0 Å². The first kappa shape index (κ1) is 21.3. The van der Waals surface area contributed by atoms with E-state index in [1.54, 1.807) is 4.90 Å². The maximum absolute atomic E-state index is 12.7. The van der Waals surface area contributed by atoms with Crippen LogP contribution in [0.4, 0.5) is 0 Å². The van der Waals surface area contributed by atoms with Crippen molar-refractivity contribution in [2.75, 3.05) is 19.6 Å². The van der Waals surface area contributed by atoms with Crippen LogP contribution in [0.1, 0.15) is 37.7 Å². The highest BCUT2D eigenvalue weighted by atomic mass is 16.2. The first-order valence-electron chi connectivity index (χ1n) is 11.1. The summed E-state index contributed by atoms with van der Waals surface area (Å²) in [5, 5.41) is 3.07. The summed E-state index contributed by atoms with van der Waals surface area (Å²) in [7, 11) is 0. The number of carbonyl (C=O) groups excluding carboxylic acids is 4. The maximum Gasteiger partial charge on any atom is 0.242 e. The van der Waals surface area contributed by atoms with Crippen LogP contribution in [0.25, 0.3) is 0 Å². The second-order valence-corrected chi connectivity index (χ2v) is 8.63. The molecular weight excluding hydrogens is 394 g/mol. The number of piperidine rings is 1. The number of rotatable bonds is 6. The Labute approximate surface area is 182 Å². The van der Waals surface area contributed by atoms with Crippen molar-refractivity contribution in [3.63, 3.8) is 0 Å². The van der Waals surface area contributed by atoms with Gasteiger partial charge in [0.15, 0.2) is 0 Å². The van der Waals surface area contributed by atoms with Crippen molar-refractivity contribution in [2.45, 2.75) is 44.6 Å². The van der Waals surface area contributed by atoms with Gasteiger partial charge in [0.05, 0.1) is 11.8 Å². The fraction of sp³-hybridized carbons (Fsp3) is 0.500. The lowest BCUT2D eigenvalue weighted by molar-refractivity contribution is -0.147. The van der Waals surface area contributed by atoms with Gasteiger partial charge in [0.2, 0.25) is 23.6 Å². The molecule has 7 nitrogen and oxygen atoms in total. The Morgan fingerprint density at radius 1 is 0.935 bits per heavy atom. The average Bonchev–Trinajstić information content (AvgIpc) is 3.04. The van der Waals surface area contributed by atoms with E-state index in [0.717, 1.165) is 10.5 Å². The smallest absolute Gasteiger partial charge is 0.242 e. The number of benzene rings is 1. The van der Waals surface area contributed by atoms with Gasteiger partial charge in [-0.25, -0.2) is 0 Å². The highest BCUT2D eigenvalue weighted by molar-refractivity contribution is 6.07. The predicted molar refractivity (Wildman–Crippen MR) is 115 cm³/mol. The first-order valence-corrected chi connectivity index (χ1v) is 11.1. The van der Waals surface area contributed by atoms with E-state index < -0.39 is 0 Å². The van der Waals surface area contributed by atoms with Crippen LogP contribution < -0.4 is 5.32 Å². The van der Waals surface area contributed by atoms with E-state index in [-0.39, 0.29) is 48.1 Å². The molecule has 1 aromatic carbocycles. The molecule has 7 heteroatoms. The molecule has 2 atom stereocenters. The van der Waals surface area contributed by atoms with Gasteiger partial charge in [-0.05, 0) is 37.7 Å². The molecule has 2 fully saturated rings. The van der Waals surface area contributed by atoms with Crippen molar-refractivity contribution in [3.8, 4) is 0 Å². The summed E-state index contributed by atoms with van der Waals surface area (Å²) in [5.74, 6) is -1.20. The van der Waals surface area contributed by atoms with Gasteiger partial charge in [-0.3, -0.25) is 24.1 Å². The van der Waals surface area contributed by atoms with E-state index in [2.05, 4.69) is 5.32 Å². The van der Waals surface area contributed by atoms with Crippen molar-refractivity contribution in [1.82, 2.24) is 15.1 Å². The molecule has 2 saturated heterocycles. The van der Waals surface area contributed by atoms with E-state index in [9.17, 15) is 19.2 Å². The molecule has 1 aromatic rings. The lowest BCUT2D eigenvalue weighted by Gasteiger charge is -2.33. The van der Waals surface area contributed by atoms with Crippen molar-refractivity contribution in [1.29, 1.82) is 0 Å². The highest BCUT2D eigenvalue weighted by Crippen LogP contribution is 2.35. The van der Waals surface area contributed by atoms with Crippen molar-refractivity contribution >= 4 is 23.6 Å². The number of carbonyl (C=O) groups is 4. The molecular formula is C24H29N3O4. The predicted octanol–water partition coefficient (Wildman–Crippen LogP) is 1.68. The third-order valence-corrected chi connectivity index (χ3v) is 6.59. The molecule has 3 aliphatic rings. The summed E-state index contributed by atoms with van der Waals surface area (Å²) in [6.45, 7) is 0.874. The molecule has 0 aromatic heterocycles. The van der Waals surface area contributed by atoms with Gasteiger partial charge in [-0.15, -0.1) is 0 Å². The lowest BCUT2D eigenvalue weighted by atomic mass is 9.85. The largest absolute Gasteiger partial charge is 0.353 e. The Balaban J connectivity index is 1.21. The molecule has 2 unspecified atom stereocenters. The molecule has 4 amide bonds. The van der Waals surface area contributed by atoms with Crippen molar-refractivity contribution in [2.24, 2.45) is 11.8 Å². The molecule has 164 valence electrons. The molecule has 2 heterocycles. The van der Waals surface area contributed by atoms with E-state index >= 15 is 0 Å². The Kier molecular flexibility index (Phi) is 6.49. The number of hydrogen-bond donors (Lipinski definition) is 1. The second-order valence-electron chi connectivity index (χ2n) is 8.63. The molecule has 0 radical (unpaired) electrons. The minimum absolute atomic E-state index is 0.0260. The number of hydrogen-bond acceptors (Lipinski definition) is 4. The number of fused-ring (bicyclic) bond motifs is 1. The van der Waals surface area contributed by atoms with Gasteiger partial charge in [0, 0.05) is 25.6 Å². The second kappa shape index (κ2) is 9.45. The summed E-state index contributed by atoms with van der Waals surface area (Å²) < 4.78 is 0. The normalized spacial score (nSPS) is 23.7. The standard InChI is InChI=1S/C24H29N3O4/c28-21(11-10-17-6-2-1-3-7-17)25-18-12-14-26(15-13-18)22(29)16-27-23(30)19-8-4-5-9-20(19)24(27)31/h1-7,18-20H,8-16H2,(H,25,28). The Hall–Kier alpha value is -2.96. The summed E-state index contributed by atoms with van der Waals surface area (Å²) in [6, 6.07) is 9.97. The van der Waals surface area contributed by atoms with Crippen LogP contribution in [0.5, 0.6) is 0 Å². The number of likely N-dealkylation sites (tertiary alicyclic amines) is 2. The summed E-state index contributed by atoms with van der Waals surface area (Å²) in [5.41, 5.74) is 1.14. The molecule has 31 heavy (non-hydrogen) atoms. The van der Waals surface area contributed by atoms with Gasteiger partial charge in [-0.1, -0.05) is 42.5 Å². The Morgan fingerprint density at radius 2 is 1.55 bits per heavy atom. The van der Waals surface area contributed by atoms with Gasteiger partial charge < -0.3 is 10.2 Å². The van der Waals surface area contributed by atoms with Crippen LogP contribution in [0.15, 0.2) is 42.5 Å². The number of nitrogens with zero attached hydrogens (tertiary/aromatic N) is 2. The zero-order valence-electron chi connectivity index (χ0n) is 17.7. The highest BCUT2D eigenvalue weighted by Gasteiger charge is 2.48. The summed E-state index contributed by atoms with van der Waals surface area (Å²) in [6.07, 6.45) is 7.55. The topological polar surface area (TPSA) is 86.8 Å². The van der Waals surface area contributed by atoms with Crippen LogP contribution >= 0.6 is 0 Å². The molecule has 0 bridgehead atoms. The molecule has 1 N–H and O–H groups in total. The lowest BCUT2D eigenvalue weighted by Crippen LogP contribution is -2.49. The van der Waals surface area contributed by atoms with E-state index in [0.29, 0.717) is 51.6 Å². The molecule has 2 aliphatic heterocycles. The fourth-order valence-corrected chi connectivity index (χ4v) is 4.74. The van der Waals surface area contributed by atoms with Gasteiger partial charge in [-0.2, -0.15) is 0 Å². The van der Waals surface area contributed by atoms with E-state index in [1.807, 2.05) is 42.5 Å². The molecule has 4 rings (SSSR count). The summed E-state index contributed by atoms with van der Waals surface area (Å²) in [4.78, 5) is 52.9. The van der Waals surface area contributed by atoms with Crippen LogP contribution in [0.2, 0.25) is 0 Å². The third-order valence-electron chi connectivity index (χ3n) is 6.59. The van der Waals surface area contributed by atoms with Crippen LogP contribution in [-0.2, 0) is 25.6 Å². The van der Waals surface area contributed by atoms with Crippen LogP contribution in [0, 0.1) is 11.8 Å². The van der Waals surface area contributed by atoms with Crippen molar-refractivity contribution in [3.05, 3.63) is 48.0 Å². The molecule has 0 spiro atoms.